The second kappa shape index (κ2) is 9.17. The number of anilines is 1. The highest BCUT2D eigenvalue weighted by molar-refractivity contribution is 7.98. The molecule has 0 radical (unpaired) electrons. The maximum Gasteiger partial charge on any atom is 0.228 e. The molecule has 1 amide bonds. The molecule has 0 saturated heterocycles. The van der Waals surface area contributed by atoms with E-state index >= 15 is 0 Å². The van der Waals surface area contributed by atoms with Gasteiger partial charge >= 0.3 is 0 Å². The van der Waals surface area contributed by atoms with Crippen molar-refractivity contribution in [1.29, 1.82) is 0 Å². The lowest BCUT2D eigenvalue weighted by Crippen LogP contribution is -2.14. The fraction of sp³-hybridized carbons (Fsp3) is 0.294. The monoisotopic (exact) mass is 332 g/mol. The Bertz CT molecular complexity index is 632. The number of benzene rings is 1. The maximum atomic E-state index is 12.1. The van der Waals surface area contributed by atoms with Gasteiger partial charge in [-0.15, -0.1) is 11.8 Å². The molecule has 0 aliphatic rings. The number of carbonyl (C=O) groups is 1. The molecule has 0 unspecified atom stereocenters. The highest BCUT2D eigenvalue weighted by Crippen LogP contribution is 2.18. The number of pyridine rings is 1. The van der Waals surface area contributed by atoms with Gasteiger partial charge in [0.1, 0.15) is 12.4 Å². The first-order valence-corrected chi connectivity index (χ1v) is 8.43. The van der Waals surface area contributed by atoms with Gasteiger partial charge in [-0.25, -0.2) is 0 Å². The van der Waals surface area contributed by atoms with E-state index in [0.717, 1.165) is 16.2 Å². The van der Waals surface area contributed by atoms with Gasteiger partial charge in [0.25, 0.3) is 0 Å². The summed E-state index contributed by atoms with van der Waals surface area (Å²) in [7, 11) is 1.63. The van der Waals surface area contributed by atoms with Gasteiger partial charge in [0, 0.05) is 18.2 Å². The molecule has 23 heavy (non-hydrogen) atoms. The smallest absolute Gasteiger partial charge is 0.228 e. The van der Waals surface area contributed by atoms with Gasteiger partial charge in [-0.05, 0) is 30.0 Å². The van der Waals surface area contributed by atoms with E-state index in [1.807, 2.05) is 36.6 Å². The number of aromatic nitrogens is 1. The highest BCUT2D eigenvalue weighted by atomic mass is 32.2. The van der Waals surface area contributed by atoms with E-state index in [4.69, 9.17) is 9.47 Å². The molecule has 2 aromatic rings. The maximum absolute atomic E-state index is 12.1. The zero-order chi connectivity index (χ0) is 16.5. The van der Waals surface area contributed by atoms with E-state index in [9.17, 15) is 4.79 Å². The van der Waals surface area contributed by atoms with Crippen molar-refractivity contribution in [3.8, 4) is 5.75 Å². The average molecular weight is 332 g/mol. The fourth-order valence-electron chi connectivity index (χ4n) is 1.94. The number of thioether (sulfide) groups is 1. The van der Waals surface area contributed by atoms with Crippen molar-refractivity contribution in [3.05, 3.63) is 48.3 Å². The minimum atomic E-state index is -0.0712. The third kappa shape index (κ3) is 5.92. The summed E-state index contributed by atoms with van der Waals surface area (Å²) >= 11 is 1.59. The molecule has 0 aliphatic carbocycles. The number of amides is 1. The fourth-order valence-corrected chi connectivity index (χ4v) is 2.35. The van der Waals surface area contributed by atoms with Crippen molar-refractivity contribution >= 4 is 23.4 Å². The van der Waals surface area contributed by atoms with Gasteiger partial charge in [-0.1, -0.05) is 12.1 Å². The van der Waals surface area contributed by atoms with Crippen LogP contribution in [0.25, 0.3) is 0 Å². The quantitative estimate of drug-likeness (QED) is 0.595. The molecule has 1 aromatic carbocycles. The molecule has 0 saturated carbocycles. The molecule has 122 valence electrons. The van der Waals surface area contributed by atoms with E-state index in [-0.39, 0.29) is 5.91 Å². The zero-order valence-corrected chi connectivity index (χ0v) is 14.1. The molecule has 0 bridgehead atoms. The number of carbonyl (C=O) groups excluding carboxylic acids is 1. The molecule has 0 atom stereocenters. The van der Waals surface area contributed by atoms with Crippen LogP contribution in [0.2, 0.25) is 0 Å². The van der Waals surface area contributed by atoms with Gasteiger partial charge < -0.3 is 14.8 Å². The van der Waals surface area contributed by atoms with Gasteiger partial charge in [0.15, 0.2) is 0 Å². The Morgan fingerprint density at radius 1 is 1.22 bits per heavy atom. The van der Waals surface area contributed by atoms with Crippen LogP contribution in [0.4, 0.5) is 5.69 Å². The number of rotatable bonds is 8. The van der Waals surface area contributed by atoms with Crippen LogP contribution in [0.1, 0.15) is 5.56 Å². The first-order valence-electron chi connectivity index (χ1n) is 7.21. The predicted molar refractivity (Wildman–Crippen MR) is 92.2 cm³/mol. The van der Waals surface area contributed by atoms with Crippen LogP contribution in [0.15, 0.2) is 47.6 Å². The van der Waals surface area contributed by atoms with Crippen molar-refractivity contribution in [2.75, 3.05) is 31.9 Å². The summed E-state index contributed by atoms with van der Waals surface area (Å²) < 4.78 is 10.4. The number of methoxy groups -OCH3 is 1. The lowest BCUT2D eigenvalue weighted by molar-refractivity contribution is -0.115. The molecule has 0 aliphatic heterocycles. The summed E-state index contributed by atoms with van der Waals surface area (Å²) in [4.78, 5) is 17.2. The first-order chi connectivity index (χ1) is 11.2. The van der Waals surface area contributed by atoms with Crippen LogP contribution in [0.3, 0.4) is 0 Å². The van der Waals surface area contributed by atoms with Crippen LogP contribution >= 0.6 is 11.8 Å². The molecule has 5 nitrogen and oxygen atoms in total. The second-order valence-corrected chi connectivity index (χ2v) is 5.70. The Morgan fingerprint density at radius 3 is 2.70 bits per heavy atom. The van der Waals surface area contributed by atoms with Gasteiger partial charge in [0.05, 0.1) is 24.9 Å². The topological polar surface area (TPSA) is 60.5 Å². The van der Waals surface area contributed by atoms with Gasteiger partial charge in [0.2, 0.25) is 5.91 Å². The number of nitrogens with one attached hydrogen (secondary N) is 1. The molecular formula is C17H20N2O3S. The summed E-state index contributed by atoms with van der Waals surface area (Å²) in [5, 5.41) is 2.86. The molecule has 0 spiro atoms. The second-order valence-electron chi connectivity index (χ2n) is 4.82. The summed E-state index contributed by atoms with van der Waals surface area (Å²) in [6.07, 6.45) is 5.69. The number of ether oxygens (including phenoxy) is 2. The lowest BCUT2D eigenvalue weighted by Gasteiger charge is -2.08. The standard InChI is InChI=1S/C17H20N2O3S/c1-21-7-8-22-15-5-3-13(4-6-15)9-17(20)19-14-10-16(23-2)12-18-11-14/h3-6,10-12H,7-9H2,1-2H3,(H,19,20). The minimum Gasteiger partial charge on any atom is -0.491 e. The largest absolute Gasteiger partial charge is 0.491 e. The third-order valence-corrected chi connectivity index (χ3v) is 3.77. The van der Waals surface area contributed by atoms with E-state index in [1.54, 1.807) is 31.3 Å². The third-order valence-electron chi connectivity index (χ3n) is 3.08. The molecule has 6 heteroatoms. The normalized spacial score (nSPS) is 10.3. The lowest BCUT2D eigenvalue weighted by atomic mass is 10.1. The number of hydrogen-bond donors (Lipinski definition) is 1. The number of nitrogens with zero attached hydrogens (tertiary/aromatic N) is 1. The molecule has 0 fully saturated rings. The summed E-state index contributed by atoms with van der Waals surface area (Å²) in [5.74, 6) is 0.696. The van der Waals surface area contributed by atoms with Crippen LogP contribution in [-0.4, -0.2) is 37.5 Å². The van der Waals surface area contributed by atoms with Crippen LogP contribution in [0, 0.1) is 0 Å². The molecule has 1 aromatic heterocycles. The summed E-state index contributed by atoms with van der Waals surface area (Å²) in [6, 6.07) is 9.39. The highest BCUT2D eigenvalue weighted by Gasteiger charge is 2.05. The van der Waals surface area contributed by atoms with Gasteiger partial charge in [-0.3, -0.25) is 9.78 Å². The molecule has 1 N–H and O–H groups in total. The Kier molecular flexibility index (Phi) is 6.90. The van der Waals surface area contributed by atoms with Crippen molar-refractivity contribution in [2.45, 2.75) is 11.3 Å². The minimum absolute atomic E-state index is 0.0712. The Morgan fingerprint density at radius 2 is 2.00 bits per heavy atom. The Hall–Kier alpha value is -2.05. The number of hydrogen-bond acceptors (Lipinski definition) is 5. The van der Waals surface area contributed by atoms with Gasteiger partial charge in [-0.2, -0.15) is 0 Å². The van der Waals surface area contributed by atoms with E-state index in [0.29, 0.717) is 25.3 Å². The molecular weight excluding hydrogens is 312 g/mol. The van der Waals surface area contributed by atoms with Crippen molar-refractivity contribution in [3.63, 3.8) is 0 Å². The summed E-state index contributed by atoms with van der Waals surface area (Å²) in [6.45, 7) is 1.06. The SMILES string of the molecule is COCCOc1ccc(CC(=O)Nc2cncc(SC)c2)cc1. The van der Waals surface area contributed by atoms with E-state index in [1.165, 1.54) is 0 Å². The molecule has 2 rings (SSSR count). The first kappa shape index (κ1) is 17.3. The Balaban J connectivity index is 1.87. The van der Waals surface area contributed by atoms with E-state index in [2.05, 4.69) is 10.3 Å². The van der Waals surface area contributed by atoms with Crippen LogP contribution in [-0.2, 0) is 16.0 Å². The van der Waals surface area contributed by atoms with Crippen molar-refractivity contribution in [1.82, 2.24) is 4.98 Å². The van der Waals surface area contributed by atoms with Crippen molar-refractivity contribution < 1.29 is 14.3 Å². The van der Waals surface area contributed by atoms with Crippen LogP contribution < -0.4 is 10.1 Å². The molecule has 1 heterocycles. The van der Waals surface area contributed by atoms with E-state index < -0.39 is 0 Å². The summed E-state index contributed by atoms with van der Waals surface area (Å²) in [5.41, 5.74) is 1.64. The zero-order valence-electron chi connectivity index (χ0n) is 13.2. The predicted octanol–water partition coefficient (Wildman–Crippen LogP) is 3.01. The van der Waals surface area contributed by atoms with Crippen LogP contribution in [0.5, 0.6) is 5.75 Å². The Labute approximate surface area is 140 Å². The van der Waals surface area contributed by atoms with Crippen molar-refractivity contribution in [2.24, 2.45) is 0 Å². The average Bonchev–Trinajstić information content (AvgIpc) is 2.57.